The van der Waals surface area contributed by atoms with Crippen LogP contribution in [0.3, 0.4) is 0 Å². The van der Waals surface area contributed by atoms with Gasteiger partial charge in [-0.1, -0.05) is 6.07 Å². The fourth-order valence-electron chi connectivity index (χ4n) is 4.34. The average molecular weight is 466 g/mol. The van der Waals surface area contributed by atoms with Crippen molar-refractivity contribution >= 4 is 15.9 Å². The smallest absolute Gasteiger partial charge is 0.243 e. The van der Waals surface area contributed by atoms with E-state index >= 15 is 0 Å². The van der Waals surface area contributed by atoms with Crippen LogP contribution in [-0.4, -0.2) is 112 Å². The summed E-state index contributed by atoms with van der Waals surface area (Å²) in [6.45, 7) is 13.6. The van der Waals surface area contributed by atoms with Crippen LogP contribution in [0.1, 0.15) is 23.1 Å². The molecule has 0 bridgehead atoms. The number of aryl methyl sites for hydroxylation is 3. The van der Waals surface area contributed by atoms with Gasteiger partial charge in [-0.15, -0.1) is 0 Å². The van der Waals surface area contributed by atoms with Gasteiger partial charge in [-0.25, -0.2) is 8.42 Å². The van der Waals surface area contributed by atoms with Crippen LogP contribution < -0.4 is 5.32 Å². The van der Waals surface area contributed by atoms with E-state index in [2.05, 4.69) is 22.2 Å². The van der Waals surface area contributed by atoms with Gasteiger partial charge in [0.15, 0.2) is 0 Å². The summed E-state index contributed by atoms with van der Waals surface area (Å²) < 4.78 is 28.8. The number of nitrogens with zero attached hydrogens (tertiary/aromatic N) is 4. The molecule has 0 radical (unpaired) electrons. The van der Waals surface area contributed by atoms with Crippen molar-refractivity contribution in [2.24, 2.45) is 0 Å². The van der Waals surface area contributed by atoms with Crippen molar-refractivity contribution in [2.45, 2.75) is 32.1 Å². The topological polar surface area (TPSA) is 76.2 Å². The monoisotopic (exact) mass is 465 g/mol. The third kappa shape index (κ3) is 6.29. The van der Waals surface area contributed by atoms with Crippen LogP contribution in [0.15, 0.2) is 17.0 Å². The van der Waals surface area contributed by atoms with Gasteiger partial charge in [0.25, 0.3) is 0 Å². The van der Waals surface area contributed by atoms with Crippen LogP contribution in [0.2, 0.25) is 0 Å². The summed E-state index contributed by atoms with van der Waals surface area (Å²) in [7, 11) is -1.65. The van der Waals surface area contributed by atoms with E-state index in [0.717, 1.165) is 62.5 Å². The van der Waals surface area contributed by atoms with Gasteiger partial charge in [-0.3, -0.25) is 4.79 Å². The predicted molar refractivity (Wildman–Crippen MR) is 127 cm³/mol. The van der Waals surface area contributed by atoms with Crippen LogP contribution in [0, 0.1) is 20.8 Å². The maximum atomic E-state index is 13.7. The number of nitrogens with one attached hydrogen (secondary N) is 1. The highest BCUT2D eigenvalue weighted by atomic mass is 32.2. The van der Waals surface area contributed by atoms with Gasteiger partial charge >= 0.3 is 0 Å². The molecule has 1 aromatic rings. The Hall–Kier alpha value is -1.52. The van der Waals surface area contributed by atoms with Gasteiger partial charge in [-0.05, 0) is 63.5 Å². The van der Waals surface area contributed by atoms with E-state index in [-0.39, 0.29) is 12.5 Å². The average Bonchev–Trinajstić information content (AvgIpc) is 2.77. The summed E-state index contributed by atoms with van der Waals surface area (Å²) >= 11 is 0. The molecule has 1 aromatic carbocycles. The number of rotatable bonds is 8. The van der Waals surface area contributed by atoms with Crippen LogP contribution >= 0.6 is 0 Å². The number of likely N-dealkylation sites (N-methyl/N-ethyl adjacent to an activating group) is 1. The van der Waals surface area contributed by atoms with Crippen LogP contribution in [0.5, 0.6) is 0 Å². The molecule has 2 saturated heterocycles. The van der Waals surface area contributed by atoms with Crippen molar-refractivity contribution in [3.05, 3.63) is 28.8 Å². The number of hydrogen-bond donors (Lipinski definition) is 1. The zero-order valence-electron chi connectivity index (χ0n) is 20.1. The predicted octanol–water partition coefficient (Wildman–Crippen LogP) is 0.672. The molecular formula is C23H39N5O3S. The van der Waals surface area contributed by atoms with E-state index in [9.17, 15) is 13.2 Å². The van der Waals surface area contributed by atoms with E-state index < -0.39 is 10.0 Å². The van der Waals surface area contributed by atoms with Gasteiger partial charge in [-0.2, -0.15) is 4.31 Å². The molecule has 9 heteroatoms. The largest absolute Gasteiger partial charge is 0.339 e. The van der Waals surface area contributed by atoms with E-state index in [1.165, 1.54) is 4.31 Å². The molecule has 0 aliphatic carbocycles. The zero-order valence-corrected chi connectivity index (χ0v) is 20.9. The van der Waals surface area contributed by atoms with E-state index in [1.54, 1.807) is 11.0 Å². The number of piperazine rings is 2. The number of carbonyl (C=O) groups excluding carboxylic acids is 1. The summed E-state index contributed by atoms with van der Waals surface area (Å²) in [6, 6.07) is 3.67. The standard InChI is InChI=1S/C23H39N5O3S/c1-19-16-21(3)22(17-20(19)2)32(30,31)28(18-23(29)27-10-6-24-7-11-27)9-5-8-26-14-12-25(4)13-15-26/h16-17,24H,5-15,18H2,1-4H3. The quantitative estimate of drug-likeness (QED) is 0.608. The van der Waals surface area contributed by atoms with Crippen molar-refractivity contribution in [3.63, 3.8) is 0 Å². The van der Waals surface area contributed by atoms with E-state index in [0.29, 0.717) is 31.0 Å². The van der Waals surface area contributed by atoms with Crippen molar-refractivity contribution < 1.29 is 13.2 Å². The summed E-state index contributed by atoms with van der Waals surface area (Å²) in [5.41, 5.74) is 2.74. The fraction of sp³-hybridized carbons (Fsp3) is 0.696. The lowest BCUT2D eigenvalue weighted by Gasteiger charge is -2.33. The minimum atomic E-state index is -3.77. The summed E-state index contributed by atoms with van der Waals surface area (Å²) in [4.78, 5) is 19.7. The molecule has 1 amide bonds. The molecule has 0 spiro atoms. The van der Waals surface area contributed by atoms with Gasteiger partial charge < -0.3 is 20.0 Å². The van der Waals surface area contributed by atoms with Crippen molar-refractivity contribution in [1.29, 1.82) is 0 Å². The highest BCUT2D eigenvalue weighted by Gasteiger charge is 2.30. The lowest BCUT2D eigenvalue weighted by molar-refractivity contribution is -0.132. The molecule has 0 unspecified atom stereocenters. The lowest BCUT2D eigenvalue weighted by atomic mass is 10.1. The van der Waals surface area contributed by atoms with Gasteiger partial charge in [0.1, 0.15) is 0 Å². The van der Waals surface area contributed by atoms with Crippen molar-refractivity contribution in [1.82, 2.24) is 24.3 Å². The molecule has 0 aromatic heterocycles. The molecule has 180 valence electrons. The Morgan fingerprint density at radius 2 is 1.59 bits per heavy atom. The summed E-state index contributed by atoms with van der Waals surface area (Å²) in [6.07, 6.45) is 0.710. The number of sulfonamides is 1. The lowest BCUT2D eigenvalue weighted by Crippen LogP contribution is -2.50. The molecule has 0 saturated carbocycles. The molecule has 0 atom stereocenters. The van der Waals surface area contributed by atoms with E-state index in [1.807, 2.05) is 26.8 Å². The molecule has 2 aliphatic rings. The Balaban J connectivity index is 1.75. The minimum absolute atomic E-state index is 0.0998. The van der Waals surface area contributed by atoms with Gasteiger partial charge in [0.05, 0.1) is 11.4 Å². The molecule has 8 nitrogen and oxygen atoms in total. The molecular weight excluding hydrogens is 426 g/mol. The number of benzene rings is 1. The Kier molecular flexibility index (Phi) is 8.68. The number of carbonyl (C=O) groups is 1. The highest BCUT2D eigenvalue weighted by molar-refractivity contribution is 7.89. The normalized spacial score (nSPS) is 19.0. The van der Waals surface area contributed by atoms with E-state index in [4.69, 9.17) is 0 Å². The maximum absolute atomic E-state index is 13.7. The molecule has 2 heterocycles. The van der Waals surface area contributed by atoms with Crippen molar-refractivity contribution in [3.8, 4) is 0 Å². The van der Waals surface area contributed by atoms with Crippen LogP contribution in [-0.2, 0) is 14.8 Å². The first kappa shape index (κ1) is 25.1. The molecule has 2 aliphatic heterocycles. The van der Waals surface area contributed by atoms with Crippen LogP contribution in [0.4, 0.5) is 0 Å². The molecule has 1 N–H and O–H groups in total. The molecule has 32 heavy (non-hydrogen) atoms. The molecule has 3 rings (SSSR count). The van der Waals surface area contributed by atoms with Crippen molar-refractivity contribution in [2.75, 3.05) is 79.0 Å². The van der Waals surface area contributed by atoms with Gasteiger partial charge in [0, 0.05) is 58.9 Å². The fourth-order valence-corrected chi connectivity index (χ4v) is 6.06. The third-order valence-corrected chi connectivity index (χ3v) is 8.66. The van der Waals surface area contributed by atoms with Gasteiger partial charge in [0.2, 0.25) is 15.9 Å². The Morgan fingerprint density at radius 1 is 0.969 bits per heavy atom. The third-order valence-electron chi connectivity index (χ3n) is 6.67. The second-order valence-electron chi connectivity index (χ2n) is 9.17. The Labute approximate surface area is 193 Å². The second kappa shape index (κ2) is 11.1. The number of amides is 1. The molecule has 2 fully saturated rings. The minimum Gasteiger partial charge on any atom is -0.339 e. The summed E-state index contributed by atoms with van der Waals surface area (Å²) in [5, 5.41) is 3.24. The zero-order chi connectivity index (χ0) is 23.3. The first-order chi connectivity index (χ1) is 15.2. The Morgan fingerprint density at radius 3 is 2.25 bits per heavy atom. The Bertz CT molecular complexity index is 891. The first-order valence-corrected chi connectivity index (χ1v) is 13.1. The maximum Gasteiger partial charge on any atom is 0.243 e. The second-order valence-corrected chi connectivity index (χ2v) is 11.1. The summed E-state index contributed by atoms with van der Waals surface area (Å²) in [5.74, 6) is -0.115. The highest BCUT2D eigenvalue weighted by Crippen LogP contribution is 2.24. The van der Waals surface area contributed by atoms with Crippen LogP contribution in [0.25, 0.3) is 0 Å². The SMILES string of the molecule is Cc1cc(C)c(S(=O)(=O)N(CCCN2CCN(C)CC2)CC(=O)N2CCNCC2)cc1C. The first-order valence-electron chi connectivity index (χ1n) is 11.7. The number of hydrogen-bond acceptors (Lipinski definition) is 6.